The maximum atomic E-state index is 11.7. The summed E-state index contributed by atoms with van der Waals surface area (Å²) in [6.45, 7) is 0.305. The number of rotatable bonds is 8. The van der Waals surface area contributed by atoms with Gasteiger partial charge in [-0.25, -0.2) is 0 Å². The second-order valence-electron chi connectivity index (χ2n) is 4.27. The zero-order chi connectivity index (χ0) is 14.8. The zero-order valence-corrected chi connectivity index (χ0v) is 11.5. The first-order valence-corrected chi connectivity index (χ1v) is 6.39. The molecule has 1 aromatic carbocycles. The lowest BCUT2D eigenvalue weighted by molar-refractivity contribution is -0.122. The molecular weight excluding hydrogens is 260 g/mol. The number of nitrogens with one attached hydrogen (secondary N) is 2. The van der Waals surface area contributed by atoms with E-state index in [0.717, 1.165) is 0 Å². The minimum absolute atomic E-state index is 0.152. The van der Waals surface area contributed by atoms with Crippen molar-refractivity contribution in [3.05, 3.63) is 35.9 Å². The zero-order valence-electron chi connectivity index (χ0n) is 11.5. The normalized spacial score (nSPS) is 11.7. The van der Waals surface area contributed by atoms with Crippen LogP contribution in [0.25, 0.3) is 0 Å². The van der Waals surface area contributed by atoms with Crippen LogP contribution in [0.5, 0.6) is 0 Å². The van der Waals surface area contributed by atoms with Crippen molar-refractivity contribution in [1.29, 1.82) is 0 Å². The van der Waals surface area contributed by atoms with Crippen LogP contribution in [0.2, 0.25) is 0 Å². The summed E-state index contributed by atoms with van der Waals surface area (Å²) in [5.41, 5.74) is 0.556. The van der Waals surface area contributed by atoms with E-state index in [2.05, 4.69) is 10.6 Å². The predicted octanol–water partition coefficient (Wildman–Crippen LogP) is -0.0700. The van der Waals surface area contributed by atoms with Gasteiger partial charge in [0.05, 0.1) is 19.3 Å². The molecule has 3 N–H and O–H groups in total. The van der Waals surface area contributed by atoms with Crippen LogP contribution in [0.1, 0.15) is 16.8 Å². The van der Waals surface area contributed by atoms with Crippen molar-refractivity contribution in [3.8, 4) is 0 Å². The van der Waals surface area contributed by atoms with Crippen LogP contribution in [-0.4, -0.2) is 49.8 Å². The van der Waals surface area contributed by atoms with Gasteiger partial charge in [0.15, 0.2) is 0 Å². The fourth-order valence-corrected chi connectivity index (χ4v) is 1.62. The Balaban J connectivity index is 2.26. The number of carbonyl (C=O) groups excluding carboxylic acids is 2. The highest BCUT2D eigenvalue weighted by atomic mass is 16.5. The number of aliphatic hydroxyl groups is 1. The molecule has 0 heterocycles. The summed E-state index contributed by atoms with van der Waals surface area (Å²) in [7, 11) is 1.49. The largest absolute Gasteiger partial charge is 0.394 e. The molecule has 6 nitrogen and oxygen atoms in total. The lowest BCUT2D eigenvalue weighted by Crippen LogP contribution is -2.41. The Kier molecular flexibility index (Phi) is 7.31. The average molecular weight is 280 g/mol. The first-order valence-electron chi connectivity index (χ1n) is 6.39. The van der Waals surface area contributed by atoms with Crippen LogP contribution in [-0.2, 0) is 9.53 Å². The molecule has 1 rings (SSSR count). The number of benzene rings is 1. The van der Waals surface area contributed by atoms with Crippen LogP contribution >= 0.6 is 0 Å². The van der Waals surface area contributed by atoms with Gasteiger partial charge in [-0.2, -0.15) is 0 Å². The van der Waals surface area contributed by atoms with Gasteiger partial charge in [-0.3, -0.25) is 9.59 Å². The van der Waals surface area contributed by atoms with Crippen LogP contribution in [0.4, 0.5) is 0 Å². The smallest absolute Gasteiger partial charge is 0.251 e. The number of carbonyl (C=O) groups is 2. The lowest BCUT2D eigenvalue weighted by atomic mass is 10.2. The molecule has 0 radical (unpaired) electrons. The number of hydrogen-bond acceptors (Lipinski definition) is 4. The van der Waals surface area contributed by atoms with Gasteiger partial charge in [-0.1, -0.05) is 18.2 Å². The van der Waals surface area contributed by atoms with Crippen molar-refractivity contribution >= 4 is 11.8 Å². The van der Waals surface area contributed by atoms with Crippen molar-refractivity contribution < 1.29 is 19.4 Å². The fraction of sp³-hybridized carbons (Fsp3) is 0.429. The van der Waals surface area contributed by atoms with Crippen LogP contribution in [0, 0.1) is 0 Å². The van der Waals surface area contributed by atoms with Gasteiger partial charge in [-0.15, -0.1) is 0 Å². The van der Waals surface area contributed by atoms with Gasteiger partial charge in [0.1, 0.15) is 0 Å². The molecule has 0 aliphatic rings. The average Bonchev–Trinajstić information content (AvgIpc) is 2.47. The molecule has 0 aliphatic heterocycles. The van der Waals surface area contributed by atoms with E-state index in [1.807, 2.05) is 6.07 Å². The Bertz CT molecular complexity index is 422. The molecule has 0 fully saturated rings. The lowest BCUT2D eigenvalue weighted by Gasteiger charge is -2.15. The maximum absolute atomic E-state index is 11.7. The Morgan fingerprint density at radius 3 is 2.60 bits per heavy atom. The Hall–Kier alpha value is -1.92. The van der Waals surface area contributed by atoms with E-state index in [9.17, 15) is 9.59 Å². The topological polar surface area (TPSA) is 87.7 Å². The summed E-state index contributed by atoms with van der Waals surface area (Å²) in [4.78, 5) is 23.3. The summed E-state index contributed by atoms with van der Waals surface area (Å²) in [5.74, 6) is -0.455. The number of amides is 2. The van der Waals surface area contributed by atoms with Crippen molar-refractivity contribution in [2.75, 3.05) is 26.9 Å². The molecule has 1 atom stereocenters. The molecule has 1 aromatic rings. The van der Waals surface area contributed by atoms with E-state index < -0.39 is 6.04 Å². The number of methoxy groups -OCH3 is 1. The van der Waals surface area contributed by atoms with E-state index in [1.54, 1.807) is 24.3 Å². The van der Waals surface area contributed by atoms with Gasteiger partial charge in [-0.05, 0) is 12.1 Å². The highest BCUT2D eigenvalue weighted by molar-refractivity contribution is 5.94. The molecule has 2 amide bonds. The van der Waals surface area contributed by atoms with E-state index >= 15 is 0 Å². The second-order valence-corrected chi connectivity index (χ2v) is 4.27. The number of hydrogen-bond donors (Lipinski definition) is 3. The standard InChI is InChI=1S/C14H20N2O4/c1-20-10-12(9-17)16-13(18)7-8-15-14(19)11-5-3-2-4-6-11/h2-6,12,17H,7-10H2,1H3,(H,15,19)(H,16,18). The SMILES string of the molecule is COCC(CO)NC(=O)CCNC(=O)c1ccccc1. The Morgan fingerprint density at radius 1 is 1.30 bits per heavy atom. The van der Waals surface area contributed by atoms with Crippen molar-refractivity contribution in [1.82, 2.24) is 10.6 Å². The Morgan fingerprint density at radius 2 is 2.00 bits per heavy atom. The van der Waals surface area contributed by atoms with Crippen LogP contribution in [0.15, 0.2) is 30.3 Å². The summed E-state index contributed by atoms with van der Waals surface area (Å²) < 4.78 is 4.85. The molecule has 0 bridgehead atoms. The molecule has 110 valence electrons. The minimum Gasteiger partial charge on any atom is -0.394 e. The van der Waals surface area contributed by atoms with Gasteiger partial charge in [0, 0.05) is 25.6 Å². The minimum atomic E-state index is -0.419. The Labute approximate surface area is 118 Å². The first-order chi connectivity index (χ1) is 9.67. The highest BCUT2D eigenvalue weighted by Crippen LogP contribution is 1.97. The van der Waals surface area contributed by atoms with Gasteiger partial charge < -0.3 is 20.5 Å². The molecule has 0 aromatic heterocycles. The molecule has 0 aliphatic carbocycles. The highest BCUT2D eigenvalue weighted by Gasteiger charge is 2.11. The molecular formula is C14H20N2O4. The third kappa shape index (κ3) is 5.81. The van der Waals surface area contributed by atoms with Crippen molar-refractivity contribution in [2.45, 2.75) is 12.5 Å². The predicted molar refractivity (Wildman–Crippen MR) is 74.3 cm³/mol. The first kappa shape index (κ1) is 16.1. The monoisotopic (exact) mass is 280 g/mol. The fourth-order valence-electron chi connectivity index (χ4n) is 1.62. The summed E-state index contributed by atoms with van der Waals surface area (Å²) in [6.07, 6.45) is 0.152. The molecule has 0 spiro atoms. The second kappa shape index (κ2) is 9.06. The van der Waals surface area contributed by atoms with Crippen molar-refractivity contribution in [2.24, 2.45) is 0 Å². The molecule has 1 unspecified atom stereocenters. The molecule has 6 heteroatoms. The third-order valence-corrected chi connectivity index (χ3v) is 2.63. The van der Waals surface area contributed by atoms with Gasteiger partial charge in [0.25, 0.3) is 5.91 Å². The van der Waals surface area contributed by atoms with E-state index in [0.29, 0.717) is 5.56 Å². The molecule has 20 heavy (non-hydrogen) atoms. The van der Waals surface area contributed by atoms with Crippen molar-refractivity contribution in [3.63, 3.8) is 0 Å². The number of ether oxygens (including phenoxy) is 1. The van der Waals surface area contributed by atoms with Crippen LogP contribution < -0.4 is 10.6 Å². The summed E-state index contributed by atoms with van der Waals surface area (Å²) in [6, 6.07) is 8.37. The van der Waals surface area contributed by atoms with E-state index in [1.165, 1.54) is 7.11 Å². The molecule has 0 saturated heterocycles. The third-order valence-electron chi connectivity index (χ3n) is 2.63. The summed E-state index contributed by atoms with van der Waals surface area (Å²) in [5, 5.41) is 14.3. The van der Waals surface area contributed by atoms with Gasteiger partial charge >= 0.3 is 0 Å². The maximum Gasteiger partial charge on any atom is 0.251 e. The molecule has 0 saturated carbocycles. The van der Waals surface area contributed by atoms with Gasteiger partial charge in [0.2, 0.25) is 5.91 Å². The summed E-state index contributed by atoms with van der Waals surface area (Å²) >= 11 is 0. The van der Waals surface area contributed by atoms with Crippen LogP contribution in [0.3, 0.4) is 0 Å². The quantitative estimate of drug-likeness (QED) is 0.622. The van der Waals surface area contributed by atoms with E-state index in [4.69, 9.17) is 9.84 Å². The van der Waals surface area contributed by atoms with E-state index in [-0.39, 0.29) is 38.0 Å². The number of aliphatic hydroxyl groups excluding tert-OH is 1.